The fourth-order valence-corrected chi connectivity index (χ4v) is 2.66. The van der Waals surface area contributed by atoms with Crippen LogP contribution in [-0.2, 0) is 0 Å². The van der Waals surface area contributed by atoms with Gasteiger partial charge >= 0.3 is 0 Å². The molecule has 100 valence electrons. The molecule has 18 heavy (non-hydrogen) atoms. The highest BCUT2D eigenvalue weighted by molar-refractivity contribution is 5.48. The third-order valence-electron chi connectivity index (χ3n) is 3.65. The number of nitrogens with one attached hydrogen (secondary N) is 1. The Balaban J connectivity index is 1.94. The van der Waals surface area contributed by atoms with E-state index < -0.39 is 0 Å². The highest BCUT2D eigenvalue weighted by Crippen LogP contribution is 2.25. The molecule has 1 aliphatic heterocycles. The molecule has 0 spiro atoms. The predicted octanol–water partition coefficient (Wildman–Crippen LogP) is 2.92. The van der Waals surface area contributed by atoms with Gasteiger partial charge in [-0.1, -0.05) is 19.8 Å². The van der Waals surface area contributed by atoms with Crippen molar-refractivity contribution in [1.29, 1.82) is 0 Å². The van der Waals surface area contributed by atoms with Gasteiger partial charge in [-0.25, -0.2) is 9.97 Å². The van der Waals surface area contributed by atoms with Crippen LogP contribution in [0, 0.1) is 5.92 Å². The largest absolute Gasteiger partial charge is 0.370 e. The van der Waals surface area contributed by atoms with Crippen molar-refractivity contribution in [3.8, 4) is 0 Å². The summed E-state index contributed by atoms with van der Waals surface area (Å²) in [6, 6.07) is 2.06. The zero-order valence-corrected chi connectivity index (χ0v) is 11.5. The molecule has 0 saturated carbocycles. The molecule has 0 bridgehead atoms. The van der Waals surface area contributed by atoms with Gasteiger partial charge < -0.3 is 10.2 Å². The molecule has 1 fully saturated rings. The van der Waals surface area contributed by atoms with Crippen LogP contribution >= 0.6 is 0 Å². The maximum absolute atomic E-state index is 4.39. The maximum atomic E-state index is 4.39. The Labute approximate surface area is 110 Å². The predicted molar refractivity (Wildman–Crippen MR) is 76.0 cm³/mol. The quantitative estimate of drug-likeness (QED) is 0.870. The molecule has 2 heterocycles. The van der Waals surface area contributed by atoms with Gasteiger partial charge in [0, 0.05) is 25.7 Å². The Hall–Kier alpha value is -1.32. The summed E-state index contributed by atoms with van der Waals surface area (Å²) in [6.07, 6.45) is 6.94. The van der Waals surface area contributed by atoms with E-state index in [1.54, 1.807) is 6.33 Å². The molecule has 0 unspecified atom stereocenters. The van der Waals surface area contributed by atoms with Gasteiger partial charge in [0.15, 0.2) is 0 Å². The molecule has 0 radical (unpaired) electrons. The van der Waals surface area contributed by atoms with Gasteiger partial charge in [0.05, 0.1) is 0 Å². The molecule has 1 N–H and O–H groups in total. The van der Waals surface area contributed by atoms with Gasteiger partial charge in [0.1, 0.15) is 18.0 Å². The number of hydrogen-bond donors (Lipinski definition) is 1. The standard InChI is InChI=1S/C14H24N4/c1-3-5-12-6-8-18(9-7-12)14-10-13(15-4-2)16-11-17-14/h10-12H,3-9H2,1-2H3,(H,15,16,17). The van der Waals surface area contributed by atoms with Crippen molar-refractivity contribution in [3.05, 3.63) is 12.4 Å². The number of rotatable bonds is 5. The minimum absolute atomic E-state index is 0.898. The molecule has 4 nitrogen and oxygen atoms in total. The van der Waals surface area contributed by atoms with Crippen molar-refractivity contribution in [2.24, 2.45) is 5.92 Å². The highest BCUT2D eigenvalue weighted by Gasteiger charge is 2.19. The summed E-state index contributed by atoms with van der Waals surface area (Å²) in [7, 11) is 0. The molecule has 1 aliphatic rings. The topological polar surface area (TPSA) is 41.0 Å². The number of piperidine rings is 1. The maximum Gasteiger partial charge on any atom is 0.134 e. The molecule has 0 atom stereocenters. The summed E-state index contributed by atoms with van der Waals surface area (Å²) in [5, 5.41) is 3.24. The fraction of sp³-hybridized carbons (Fsp3) is 0.714. The monoisotopic (exact) mass is 248 g/mol. The summed E-state index contributed by atoms with van der Waals surface area (Å²) in [6.45, 7) is 7.52. The summed E-state index contributed by atoms with van der Waals surface area (Å²) < 4.78 is 0. The molecule has 4 heteroatoms. The van der Waals surface area contributed by atoms with E-state index in [1.807, 2.05) is 0 Å². The Morgan fingerprint density at radius 1 is 1.28 bits per heavy atom. The zero-order chi connectivity index (χ0) is 12.8. The van der Waals surface area contributed by atoms with E-state index in [0.717, 1.165) is 37.2 Å². The lowest BCUT2D eigenvalue weighted by molar-refractivity contribution is 0.377. The van der Waals surface area contributed by atoms with Crippen LogP contribution in [0.2, 0.25) is 0 Å². The van der Waals surface area contributed by atoms with E-state index in [0.29, 0.717) is 0 Å². The number of anilines is 2. The van der Waals surface area contributed by atoms with E-state index in [9.17, 15) is 0 Å². The highest BCUT2D eigenvalue weighted by atomic mass is 15.2. The first-order valence-corrected chi connectivity index (χ1v) is 7.14. The summed E-state index contributed by atoms with van der Waals surface area (Å²) >= 11 is 0. The van der Waals surface area contributed by atoms with Crippen LogP contribution in [0.15, 0.2) is 12.4 Å². The summed E-state index contributed by atoms with van der Waals surface area (Å²) in [5.74, 6) is 2.91. The molecule has 0 aromatic carbocycles. The Morgan fingerprint density at radius 3 is 2.72 bits per heavy atom. The molecule has 1 aromatic heterocycles. The van der Waals surface area contributed by atoms with Gasteiger partial charge in [-0.2, -0.15) is 0 Å². The first-order chi connectivity index (χ1) is 8.83. The minimum Gasteiger partial charge on any atom is -0.370 e. The molecule has 1 aromatic rings. The minimum atomic E-state index is 0.898. The Kier molecular flexibility index (Phi) is 4.79. The molecule has 1 saturated heterocycles. The van der Waals surface area contributed by atoms with Crippen LogP contribution in [0.5, 0.6) is 0 Å². The van der Waals surface area contributed by atoms with Crippen LogP contribution in [0.3, 0.4) is 0 Å². The molecular weight excluding hydrogens is 224 g/mol. The van der Waals surface area contributed by atoms with Crippen LogP contribution in [-0.4, -0.2) is 29.6 Å². The zero-order valence-electron chi connectivity index (χ0n) is 11.5. The van der Waals surface area contributed by atoms with Crippen molar-refractivity contribution >= 4 is 11.6 Å². The van der Waals surface area contributed by atoms with Crippen molar-refractivity contribution in [1.82, 2.24) is 9.97 Å². The van der Waals surface area contributed by atoms with Gasteiger partial charge in [0.25, 0.3) is 0 Å². The normalized spacial score (nSPS) is 16.9. The van der Waals surface area contributed by atoms with E-state index in [1.165, 1.54) is 25.7 Å². The Morgan fingerprint density at radius 2 is 2.06 bits per heavy atom. The van der Waals surface area contributed by atoms with Crippen LogP contribution in [0.4, 0.5) is 11.6 Å². The van der Waals surface area contributed by atoms with Crippen LogP contribution in [0.25, 0.3) is 0 Å². The lowest BCUT2D eigenvalue weighted by atomic mass is 9.92. The van der Waals surface area contributed by atoms with Crippen LogP contribution < -0.4 is 10.2 Å². The third kappa shape index (κ3) is 3.34. The number of aromatic nitrogens is 2. The van der Waals surface area contributed by atoms with E-state index in [2.05, 4.69) is 40.1 Å². The van der Waals surface area contributed by atoms with Crippen molar-refractivity contribution in [3.63, 3.8) is 0 Å². The number of nitrogens with zero attached hydrogens (tertiary/aromatic N) is 3. The number of hydrogen-bond acceptors (Lipinski definition) is 4. The Bertz CT molecular complexity index is 359. The first kappa shape index (κ1) is 13.1. The SMILES string of the molecule is CCCC1CCN(c2cc(NCC)ncn2)CC1. The second-order valence-electron chi connectivity index (χ2n) is 5.01. The molecule has 0 aliphatic carbocycles. The van der Waals surface area contributed by atoms with E-state index in [4.69, 9.17) is 0 Å². The second-order valence-corrected chi connectivity index (χ2v) is 5.01. The molecule has 2 rings (SSSR count). The summed E-state index contributed by atoms with van der Waals surface area (Å²) in [4.78, 5) is 11.0. The molecule has 0 amide bonds. The van der Waals surface area contributed by atoms with Crippen molar-refractivity contribution in [2.75, 3.05) is 29.9 Å². The third-order valence-corrected chi connectivity index (χ3v) is 3.65. The van der Waals surface area contributed by atoms with Crippen molar-refractivity contribution in [2.45, 2.75) is 39.5 Å². The van der Waals surface area contributed by atoms with Gasteiger partial charge in [-0.3, -0.25) is 0 Å². The van der Waals surface area contributed by atoms with Crippen LogP contribution in [0.1, 0.15) is 39.5 Å². The lowest BCUT2D eigenvalue weighted by Crippen LogP contribution is -2.34. The second kappa shape index (κ2) is 6.57. The van der Waals surface area contributed by atoms with E-state index >= 15 is 0 Å². The average molecular weight is 248 g/mol. The van der Waals surface area contributed by atoms with Gasteiger partial charge in [0.2, 0.25) is 0 Å². The lowest BCUT2D eigenvalue weighted by Gasteiger charge is -2.32. The fourth-order valence-electron chi connectivity index (χ4n) is 2.66. The van der Waals surface area contributed by atoms with Gasteiger partial charge in [-0.05, 0) is 25.7 Å². The van der Waals surface area contributed by atoms with Crippen molar-refractivity contribution < 1.29 is 0 Å². The molecular formula is C14H24N4. The smallest absolute Gasteiger partial charge is 0.134 e. The summed E-state index contributed by atoms with van der Waals surface area (Å²) in [5.41, 5.74) is 0. The first-order valence-electron chi connectivity index (χ1n) is 7.14. The average Bonchev–Trinajstić information content (AvgIpc) is 2.41. The van der Waals surface area contributed by atoms with Gasteiger partial charge in [-0.15, -0.1) is 0 Å². The van der Waals surface area contributed by atoms with E-state index in [-0.39, 0.29) is 0 Å².